The van der Waals surface area contributed by atoms with Gasteiger partial charge in [-0.25, -0.2) is 0 Å². The van der Waals surface area contributed by atoms with Crippen LogP contribution in [0.25, 0.3) is 27.4 Å². The third-order valence-corrected chi connectivity index (χ3v) is 2.32. The van der Waals surface area contributed by atoms with E-state index in [2.05, 4.69) is 20.2 Å². The second kappa shape index (κ2) is 4.98. The first-order valence-electron chi connectivity index (χ1n) is 5.01. The molecule has 0 aliphatic heterocycles. The molecular weight excluding hydrogens is 236 g/mol. The zero-order valence-corrected chi connectivity index (χ0v) is 9.15. The number of hydrogen-bond donors (Lipinski definition) is 1. The Morgan fingerprint density at radius 3 is 3.17 bits per heavy atom. The molecule has 1 aromatic carbocycles. The van der Waals surface area contributed by atoms with Gasteiger partial charge in [0.25, 0.3) is 5.69 Å². The van der Waals surface area contributed by atoms with Crippen LogP contribution >= 0.6 is 0 Å². The average molecular weight is 244 g/mol. The largest absolute Gasteiger partial charge is 0.280 e. The number of azide groups is 1. The number of fused-ring (bicyclic) bond motifs is 1. The van der Waals surface area contributed by atoms with Gasteiger partial charge >= 0.3 is 0 Å². The van der Waals surface area contributed by atoms with Crippen molar-refractivity contribution in [2.75, 3.05) is 6.54 Å². The minimum Gasteiger partial charge on any atom is -0.278 e. The quantitative estimate of drug-likeness (QED) is 0.292. The number of nitrogens with zero attached hydrogens (tertiary/aromatic N) is 5. The maximum Gasteiger partial charge on any atom is 0.280 e. The predicted molar refractivity (Wildman–Crippen MR) is 65.8 cm³/mol. The van der Waals surface area contributed by atoms with E-state index in [0.29, 0.717) is 16.5 Å². The fraction of sp³-hybridized carbons (Fsp3) is 0.100. The van der Waals surface area contributed by atoms with Crippen molar-refractivity contribution in [1.29, 1.82) is 0 Å². The number of H-pyrrole nitrogens is 1. The van der Waals surface area contributed by atoms with Crippen LogP contribution in [0.1, 0.15) is 5.56 Å². The summed E-state index contributed by atoms with van der Waals surface area (Å²) in [5.41, 5.74) is 9.34. The van der Waals surface area contributed by atoms with Crippen molar-refractivity contribution < 1.29 is 4.92 Å². The fourth-order valence-electron chi connectivity index (χ4n) is 1.57. The molecule has 1 aromatic heterocycles. The smallest absolute Gasteiger partial charge is 0.278 e. The van der Waals surface area contributed by atoms with E-state index in [1.165, 1.54) is 12.3 Å². The second-order valence-electron chi connectivity index (χ2n) is 3.44. The van der Waals surface area contributed by atoms with Crippen molar-refractivity contribution in [2.24, 2.45) is 5.11 Å². The maximum atomic E-state index is 10.9. The van der Waals surface area contributed by atoms with E-state index in [1.54, 1.807) is 18.2 Å². The Labute approximate surface area is 101 Å². The number of rotatable bonds is 4. The molecule has 0 saturated heterocycles. The summed E-state index contributed by atoms with van der Waals surface area (Å²) in [6.45, 7) is 0.200. The minimum absolute atomic E-state index is 0.00955. The lowest BCUT2D eigenvalue weighted by Crippen LogP contribution is -1.89. The van der Waals surface area contributed by atoms with Gasteiger partial charge in [-0.2, -0.15) is 5.10 Å². The Morgan fingerprint density at radius 1 is 1.61 bits per heavy atom. The van der Waals surface area contributed by atoms with Gasteiger partial charge in [0.1, 0.15) is 0 Å². The van der Waals surface area contributed by atoms with E-state index in [0.717, 1.165) is 0 Å². The highest BCUT2D eigenvalue weighted by atomic mass is 16.6. The lowest BCUT2D eigenvalue weighted by atomic mass is 10.1. The predicted octanol–water partition coefficient (Wildman–Crippen LogP) is 2.79. The molecule has 0 aliphatic rings. The van der Waals surface area contributed by atoms with Crippen LogP contribution < -0.4 is 0 Å². The molecule has 90 valence electrons. The van der Waals surface area contributed by atoms with Gasteiger partial charge in [-0.3, -0.25) is 15.2 Å². The van der Waals surface area contributed by atoms with E-state index >= 15 is 0 Å². The lowest BCUT2D eigenvalue weighted by Gasteiger charge is -1.96. The zero-order chi connectivity index (χ0) is 13.0. The molecule has 0 bridgehead atoms. The standard InChI is InChI=1S/C10H8N6O2/c11-15-12-3-1-2-7-4-9-8(6-13-14-9)10(5-7)16(17)18/h1-2,4-6H,3H2,(H,13,14). The molecule has 0 atom stereocenters. The van der Waals surface area contributed by atoms with Crippen LogP contribution in [0.3, 0.4) is 0 Å². The van der Waals surface area contributed by atoms with Gasteiger partial charge in [0, 0.05) is 17.5 Å². The van der Waals surface area contributed by atoms with Gasteiger partial charge in [0.2, 0.25) is 0 Å². The molecular formula is C10H8N6O2. The molecule has 1 N–H and O–H groups in total. The molecule has 2 rings (SSSR count). The molecule has 8 nitrogen and oxygen atoms in total. The highest BCUT2D eigenvalue weighted by Gasteiger charge is 2.14. The molecule has 0 saturated carbocycles. The maximum absolute atomic E-state index is 10.9. The Balaban J connectivity index is 2.43. The molecule has 18 heavy (non-hydrogen) atoms. The number of hydrogen-bond acceptors (Lipinski definition) is 4. The van der Waals surface area contributed by atoms with E-state index in [9.17, 15) is 10.1 Å². The molecule has 0 radical (unpaired) electrons. The normalized spacial score (nSPS) is 10.7. The van der Waals surface area contributed by atoms with Crippen molar-refractivity contribution in [2.45, 2.75) is 0 Å². The summed E-state index contributed by atoms with van der Waals surface area (Å²) >= 11 is 0. The first-order valence-corrected chi connectivity index (χ1v) is 5.01. The number of nitro groups is 1. The van der Waals surface area contributed by atoms with Crippen LogP contribution in [0.2, 0.25) is 0 Å². The van der Waals surface area contributed by atoms with Crippen LogP contribution in [-0.2, 0) is 0 Å². The Morgan fingerprint density at radius 2 is 2.44 bits per heavy atom. The molecule has 0 unspecified atom stereocenters. The topological polar surface area (TPSA) is 121 Å². The number of benzene rings is 1. The van der Waals surface area contributed by atoms with Crippen LogP contribution in [0.5, 0.6) is 0 Å². The molecule has 1 heterocycles. The molecule has 0 aliphatic carbocycles. The number of non-ortho nitro benzene ring substituents is 1. The summed E-state index contributed by atoms with van der Waals surface area (Å²) in [6, 6.07) is 3.19. The monoisotopic (exact) mass is 244 g/mol. The lowest BCUT2D eigenvalue weighted by molar-refractivity contribution is -0.383. The first-order chi connectivity index (χ1) is 8.72. The zero-order valence-electron chi connectivity index (χ0n) is 9.15. The SMILES string of the molecule is [N-]=[N+]=NCC=Cc1cc([N+](=O)[O-])c2cn[nH]c2c1. The van der Waals surface area contributed by atoms with E-state index < -0.39 is 4.92 Å². The van der Waals surface area contributed by atoms with Gasteiger partial charge in [0.15, 0.2) is 0 Å². The van der Waals surface area contributed by atoms with Gasteiger partial charge in [-0.1, -0.05) is 17.3 Å². The highest BCUT2D eigenvalue weighted by molar-refractivity contribution is 5.89. The molecule has 8 heteroatoms. The summed E-state index contributed by atoms with van der Waals surface area (Å²) in [5.74, 6) is 0. The average Bonchev–Trinajstić information content (AvgIpc) is 2.81. The van der Waals surface area contributed by atoms with Crippen LogP contribution in [0.15, 0.2) is 29.5 Å². The van der Waals surface area contributed by atoms with Gasteiger partial charge in [0.05, 0.1) is 22.0 Å². The molecule has 2 aromatic rings. The molecule has 0 spiro atoms. The third kappa shape index (κ3) is 2.28. The highest BCUT2D eigenvalue weighted by Crippen LogP contribution is 2.26. The van der Waals surface area contributed by atoms with Gasteiger partial charge in [-0.05, 0) is 17.2 Å². The van der Waals surface area contributed by atoms with E-state index in [4.69, 9.17) is 5.53 Å². The van der Waals surface area contributed by atoms with Crippen molar-refractivity contribution >= 4 is 22.7 Å². The van der Waals surface area contributed by atoms with Crippen LogP contribution in [0.4, 0.5) is 5.69 Å². The summed E-state index contributed by atoms with van der Waals surface area (Å²) in [7, 11) is 0. The Bertz CT molecular complexity index is 668. The number of aromatic nitrogens is 2. The van der Waals surface area contributed by atoms with Crippen molar-refractivity contribution in [3.8, 4) is 0 Å². The van der Waals surface area contributed by atoms with Gasteiger partial charge < -0.3 is 0 Å². The van der Waals surface area contributed by atoms with Gasteiger partial charge in [-0.15, -0.1) is 0 Å². The minimum atomic E-state index is -0.456. The van der Waals surface area contributed by atoms with Crippen molar-refractivity contribution in [3.63, 3.8) is 0 Å². The van der Waals surface area contributed by atoms with Crippen LogP contribution in [0, 0.1) is 10.1 Å². The van der Waals surface area contributed by atoms with Crippen molar-refractivity contribution in [1.82, 2.24) is 10.2 Å². The second-order valence-corrected chi connectivity index (χ2v) is 3.44. The Kier molecular flexibility index (Phi) is 3.22. The first kappa shape index (κ1) is 11.6. The molecule has 0 fully saturated rings. The van der Waals surface area contributed by atoms with E-state index in [1.807, 2.05) is 0 Å². The van der Waals surface area contributed by atoms with Crippen LogP contribution in [-0.4, -0.2) is 21.7 Å². The third-order valence-electron chi connectivity index (χ3n) is 2.32. The summed E-state index contributed by atoms with van der Waals surface area (Å²) in [6.07, 6.45) is 4.70. The number of nitrogens with one attached hydrogen (secondary N) is 1. The Hall–Kier alpha value is -2.86. The summed E-state index contributed by atoms with van der Waals surface area (Å²) in [5, 5.41) is 21.2. The summed E-state index contributed by atoms with van der Waals surface area (Å²) < 4.78 is 0. The van der Waals surface area contributed by atoms with Crippen molar-refractivity contribution in [3.05, 3.63) is 50.5 Å². The van der Waals surface area contributed by atoms with E-state index in [-0.39, 0.29) is 12.2 Å². The number of nitro benzene ring substituents is 1. The number of aromatic amines is 1. The fourth-order valence-corrected chi connectivity index (χ4v) is 1.57. The summed E-state index contributed by atoms with van der Waals surface area (Å²) in [4.78, 5) is 13.1. The molecule has 0 amide bonds.